The molecule has 0 fully saturated rings. The molecule has 3 nitrogen and oxygen atoms in total. The van der Waals surface area contributed by atoms with E-state index in [0.29, 0.717) is 16.5 Å². The molecule has 2 N–H and O–H groups in total. The quantitative estimate of drug-likeness (QED) is 0.751. The molecule has 76 valence electrons. The highest BCUT2D eigenvalue weighted by atomic mass is 35.5. The van der Waals surface area contributed by atoms with Crippen LogP contribution in [0.25, 0.3) is 11.1 Å². The lowest BCUT2D eigenvalue weighted by atomic mass is 10.1. The summed E-state index contributed by atoms with van der Waals surface area (Å²) in [5, 5.41) is 0.381. The van der Waals surface area contributed by atoms with Gasteiger partial charge in [0.1, 0.15) is 17.3 Å². The summed E-state index contributed by atoms with van der Waals surface area (Å²) >= 11 is 5.97. The zero-order valence-corrected chi connectivity index (χ0v) is 8.99. The fourth-order valence-electron chi connectivity index (χ4n) is 1.36. The van der Waals surface area contributed by atoms with Gasteiger partial charge in [-0.15, -0.1) is 0 Å². The molecule has 0 aliphatic rings. The zero-order chi connectivity index (χ0) is 10.8. The highest BCUT2D eigenvalue weighted by Gasteiger charge is 2.08. The Morgan fingerprint density at radius 1 is 1.13 bits per heavy atom. The van der Waals surface area contributed by atoms with E-state index in [9.17, 15) is 0 Å². The Morgan fingerprint density at radius 2 is 1.80 bits per heavy atom. The Labute approximate surface area is 92.9 Å². The number of aryl methyl sites for hydroxylation is 1. The Bertz CT molecular complexity index is 459. The van der Waals surface area contributed by atoms with Gasteiger partial charge in [-0.25, -0.2) is 9.97 Å². The Kier molecular flexibility index (Phi) is 2.56. The van der Waals surface area contributed by atoms with Crippen molar-refractivity contribution < 1.29 is 0 Å². The topological polar surface area (TPSA) is 51.8 Å². The summed E-state index contributed by atoms with van der Waals surface area (Å²) < 4.78 is 0. The number of benzene rings is 1. The van der Waals surface area contributed by atoms with Gasteiger partial charge in [0.25, 0.3) is 0 Å². The van der Waals surface area contributed by atoms with Gasteiger partial charge < -0.3 is 5.73 Å². The Balaban J connectivity index is 2.58. The van der Waals surface area contributed by atoms with Gasteiger partial charge in [-0.05, 0) is 12.5 Å². The summed E-state index contributed by atoms with van der Waals surface area (Å²) in [4.78, 5) is 7.83. The van der Waals surface area contributed by atoms with E-state index in [1.807, 2.05) is 31.2 Å². The van der Waals surface area contributed by atoms with Crippen LogP contribution in [0.1, 0.15) is 5.56 Å². The second-order valence-corrected chi connectivity index (χ2v) is 3.65. The first kappa shape index (κ1) is 9.93. The number of nitrogens with two attached hydrogens (primary N) is 1. The molecular formula is C11H10ClN3. The first-order valence-corrected chi connectivity index (χ1v) is 4.89. The van der Waals surface area contributed by atoms with Crippen molar-refractivity contribution in [1.29, 1.82) is 0 Å². The maximum Gasteiger partial charge on any atom is 0.142 e. The monoisotopic (exact) mass is 219 g/mol. The smallest absolute Gasteiger partial charge is 0.142 e. The highest BCUT2D eigenvalue weighted by Crippen LogP contribution is 2.29. The van der Waals surface area contributed by atoms with Crippen molar-refractivity contribution in [3.8, 4) is 11.1 Å². The van der Waals surface area contributed by atoms with Gasteiger partial charge in [-0.2, -0.15) is 0 Å². The zero-order valence-electron chi connectivity index (χ0n) is 8.24. The van der Waals surface area contributed by atoms with Gasteiger partial charge in [0.15, 0.2) is 0 Å². The van der Waals surface area contributed by atoms with Gasteiger partial charge >= 0.3 is 0 Å². The van der Waals surface area contributed by atoms with E-state index in [4.69, 9.17) is 17.3 Å². The summed E-state index contributed by atoms with van der Waals surface area (Å²) in [5.41, 5.74) is 8.57. The number of anilines is 1. The van der Waals surface area contributed by atoms with Crippen LogP contribution >= 0.6 is 11.6 Å². The molecule has 2 rings (SSSR count). The van der Waals surface area contributed by atoms with Crippen LogP contribution in [0.4, 0.5) is 5.82 Å². The van der Waals surface area contributed by atoms with Crippen molar-refractivity contribution in [3.63, 3.8) is 0 Å². The molecule has 0 aliphatic carbocycles. The van der Waals surface area contributed by atoms with Gasteiger partial charge in [-0.1, -0.05) is 41.4 Å². The maximum atomic E-state index is 5.97. The van der Waals surface area contributed by atoms with E-state index in [0.717, 1.165) is 5.56 Å². The molecule has 1 heterocycles. The number of halogens is 1. The highest BCUT2D eigenvalue weighted by molar-refractivity contribution is 6.32. The molecule has 0 unspecified atom stereocenters. The molecule has 15 heavy (non-hydrogen) atoms. The largest absolute Gasteiger partial charge is 0.383 e. The fourth-order valence-corrected chi connectivity index (χ4v) is 1.61. The molecule has 0 amide bonds. The molecule has 0 spiro atoms. The number of hydrogen-bond acceptors (Lipinski definition) is 3. The minimum Gasteiger partial charge on any atom is -0.383 e. The van der Waals surface area contributed by atoms with Crippen LogP contribution in [-0.2, 0) is 0 Å². The van der Waals surface area contributed by atoms with E-state index in [2.05, 4.69) is 9.97 Å². The van der Waals surface area contributed by atoms with Crippen LogP contribution in [0.3, 0.4) is 0 Å². The summed E-state index contributed by atoms with van der Waals surface area (Å²) in [5.74, 6) is 0.402. The van der Waals surface area contributed by atoms with E-state index >= 15 is 0 Å². The molecule has 0 bridgehead atoms. The van der Waals surface area contributed by atoms with Crippen molar-refractivity contribution in [2.45, 2.75) is 6.92 Å². The van der Waals surface area contributed by atoms with Crippen molar-refractivity contribution in [3.05, 3.63) is 41.3 Å². The summed E-state index contributed by atoms with van der Waals surface area (Å²) in [6.07, 6.45) is 1.36. The average molecular weight is 220 g/mol. The van der Waals surface area contributed by atoms with E-state index in [-0.39, 0.29) is 0 Å². The predicted molar refractivity (Wildman–Crippen MR) is 61.6 cm³/mol. The third-order valence-electron chi connectivity index (χ3n) is 2.17. The minimum atomic E-state index is 0.381. The molecule has 1 aromatic carbocycles. The lowest BCUT2D eigenvalue weighted by molar-refractivity contribution is 1.18. The average Bonchev–Trinajstić information content (AvgIpc) is 2.20. The van der Waals surface area contributed by atoms with Crippen LogP contribution in [0.15, 0.2) is 30.6 Å². The molecule has 0 saturated heterocycles. The molecule has 1 aromatic heterocycles. The van der Waals surface area contributed by atoms with Crippen LogP contribution in [-0.4, -0.2) is 9.97 Å². The molecule has 2 aromatic rings. The van der Waals surface area contributed by atoms with Crippen molar-refractivity contribution in [2.75, 3.05) is 5.73 Å². The minimum absolute atomic E-state index is 0.381. The molecule has 0 saturated carbocycles. The molecule has 0 radical (unpaired) electrons. The molecule has 0 aliphatic heterocycles. The first-order chi connectivity index (χ1) is 7.18. The lowest BCUT2D eigenvalue weighted by Crippen LogP contribution is -1.96. The summed E-state index contributed by atoms with van der Waals surface area (Å²) in [6, 6.07) is 7.91. The number of nitrogen functional groups attached to an aromatic ring is 1. The maximum absolute atomic E-state index is 5.97. The van der Waals surface area contributed by atoms with Gasteiger partial charge in [0.05, 0.1) is 5.56 Å². The Hall–Kier alpha value is -1.61. The van der Waals surface area contributed by atoms with Crippen molar-refractivity contribution >= 4 is 17.4 Å². The number of hydrogen-bond donors (Lipinski definition) is 1. The van der Waals surface area contributed by atoms with E-state index < -0.39 is 0 Å². The molecular weight excluding hydrogens is 210 g/mol. The third-order valence-corrected chi connectivity index (χ3v) is 2.46. The lowest BCUT2D eigenvalue weighted by Gasteiger charge is -2.06. The third kappa shape index (κ3) is 1.92. The number of nitrogens with zero attached hydrogens (tertiary/aromatic N) is 2. The van der Waals surface area contributed by atoms with Crippen LogP contribution < -0.4 is 5.73 Å². The number of aromatic nitrogens is 2. The molecule has 0 atom stereocenters. The van der Waals surface area contributed by atoms with E-state index in [1.165, 1.54) is 11.9 Å². The standard InChI is InChI=1S/C11H10ClN3/c1-7-2-4-8(5-3-7)9-10(12)14-6-15-11(9)13/h2-6H,1H3,(H2,13,14,15). The fraction of sp³-hybridized carbons (Fsp3) is 0.0909. The summed E-state index contributed by atoms with van der Waals surface area (Å²) in [7, 11) is 0. The second kappa shape index (κ2) is 3.87. The first-order valence-electron chi connectivity index (χ1n) is 4.51. The summed E-state index contributed by atoms with van der Waals surface area (Å²) in [6.45, 7) is 2.02. The Morgan fingerprint density at radius 3 is 2.40 bits per heavy atom. The second-order valence-electron chi connectivity index (χ2n) is 3.29. The SMILES string of the molecule is Cc1ccc(-c2c(N)ncnc2Cl)cc1. The molecule has 4 heteroatoms. The number of rotatable bonds is 1. The van der Waals surface area contributed by atoms with Crippen LogP contribution in [0, 0.1) is 6.92 Å². The van der Waals surface area contributed by atoms with Gasteiger partial charge in [0.2, 0.25) is 0 Å². The van der Waals surface area contributed by atoms with Crippen LogP contribution in [0.2, 0.25) is 5.15 Å². The normalized spacial score (nSPS) is 10.3. The van der Waals surface area contributed by atoms with Gasteiger partial charge in [-0.3, -0.25) is 0 Å². The van der Waals surface area contributed by atoms with Crippen molar-refractivity contribution in [1.82, 2.24) is 9.97 Å². The van der Waals surface area contributed by atoms with Gasteiger partial charge in [0, 0.05) is 0 Å². The van der Waals surface area contributed by atoms with Crippen LogP contribution in [0.5, 0.6) is 0 Å². The van der Waals surface area contributed by atoms with Crippen molar-refractivity contribution in [2.24, 2.45) is 0 Å². The predicted octanol–water partition coefficient (Wildman–Crippen LogP) is 2.69. The van der Waals surface area contributed by atoms with E-state index in [1.54, 1.807) is 0 Å².